The molecule has 1 aliphatic carbocycles. The van der Waals surface area contributed by atoms with Gasteiger partial charge in [-0.2, -0.15) is 0 Å². The van der Waals surface area contributed by atoms with E-state index in [2.05, 4.69) is 52.5 Å². The number of anilines is 2. The molecule has 0 radical (unpaired) electrons. The molecule has 2 aliphatic heterocycles. The first-order valence-electron chi connectivity index (χ1n) is 16.2. The molecule has 3 aliphatic rings. The van der Waals surface area contributed by atoms with Crippen molar-refractivity contribution in [1.82, 2.24) is 10.3 Å². The number of rotatable bonds is 8. The van der Waals surface area contributed by atoms with Gasteiger partial charge in [0.15, 0.2) is 0 Å². The maximum atomic E-state index is 14.2. The van der Waals surface area contributed by atoms with Crippen molar-refractivity contribution in [1.29, 1.82) is 0 Å². The highest BCUT2D eigenvalue weighted by molar-refractivity contribution is 6.13. The Hall–Kier alpha value is -3.91. The maximum Gasteiger partial charge on any atom is 0.253 e. The van der Waals surface area contributed by atoms with Crippen LogP contribution in [-0.4, -0.2) is 49.1 Å². The van der Waals surface area contributed by atoms with Gasteiger partial charge in [-0.25, -0.2) is 0 Å². The number of fused-ring (bicyclic) bond motifs is 2. The summed E-state index contributed by atoms with van der Waals surface area (Å²) in [5.41, 5.74) is 6.78. The molecule has 2 aromatic carbocycles. The molecule has 2 N–H and O–H groups in total. The van der Waals surface area contributed by atoms with Crippen LogP contribution in [0.15, 0.2) is 47.3 Å². The molecule has 8 heteroatoms. The quantitative estimate of drug-likeness (QED) is 0.351. The molecule has 0 atom stereocenters. The Morgan fingerprint density at radius 3 is 2.39 bits per heavy atom. The number of aromatic amines is 1. The first-order chi connectivity index (χ1) is 21.2. The third kappa shape index (κ3) is 5.34. The summed E-state index contributed by atoms with van der Waals surface area (Å²) in [6.07, 6.45) is 5.08. The van der Waals surface area contributed by atoms with Gasteiger partial charge in [0.05, 0.1) is 18.6 Å². The average Bonchev–Trinajstić information content (AvgIpc) is 3.60. The number of hydrogen-bond donors (Lipinski definition) is 2. The van der Waals surface area contributed by atoms with Crippen molar-refractivity contribution in [3.63, 3.8) is 0 Å². The van der Waals surface area contributed by atoms with Gasteiger partial charge in [0.1, 0.15) is 0 Å². The van der Waals surface area contributed by atoms with Gasteiger partial charge in [-0.1, -0.05) is 38.3 Å². The normalized spacial score (nSPS) is 17.5. The predicted octanol–water partition coefficient (Wildman–Crippen LogP) is 5.64. The third-order valence-electron chi connectivity index (χ3n) is 9.59. The number of pyridine rings is 1. The zero-order valence-corrected chi connectivity index (χ0v) is 26.4. The number of morpholine rings is 1. The zero-order valence-electron chi connectivity index (χ0n) is 26.4. The lowest BCUT2D eigenvalue weighted by Crippen LogP contribution is -2.42. The molecule has 0 unspecified atom stereocenters. The number of aryl methyl sites for hydroxylation is 2. The van der Waals surface area contributed by atoms with Crippen LogP contribution in [0.3, 0.4) is 0 Å². The Morgan fingerprint density at radius 2 is 1.73 bits per heavy atom. The first-order valence-corrected chi connectivity index (χ1v) is 16.2. The SMILES string of the molecule is CCCc1cc(C)[nH]c(=O)c1CNC(=O)c1cc(-c2ccc(N3CCOCC3)cc2)cc2c1C1(CCCC1)C(=O)N2C(C)C. The van der Waals surface area contributed by atoms with Crippen LogP contribution in [0.1, 0.15) is 85.6 Å². The molecular weight excluding hydrogens is 552 g/mol. The summed E-state index contributed by atoms with van der Waals surface area (Å²) >= 11 is 0. The topological polar surface area (TPSA) is 94.7 Å². The molecule has 6 rings (SSSR count). The zero-order chi connectivity index (χ0) is 31.0. The molecule has 2 fully saturated rings. The number of H-pyrrole nitrogens is 1. The lowest BCUT2D eigenvalue weighted by Gasteiger charge is -2.29. The molecule has 8 nitrogen and oxygen atoms in total. The summed E-state index contributed by atoms with van der Waals surface area (Å²) in [6, 6.07) is 14.5. The molecule has 232 valence electrons. The molecule has 1 spiro atoms. The largest absolute Gasteiger partial charge is 0.378 e. The Balaban J connectivity index is 1.42. The van der Waals surface area contributed by atoms with Crippen molar-refractivity contribution in [3.8, 4) is 11.1 Å². The van der Waals surface area contributed by atoms with E-state index in [-0.39, 0.29) is 30.0 Å². The predicted molar refractivity (Wildman–Crippen MR) is 175 cm³/mol. The molecule has 1 saturated carbocycles. The number of hydrogen-bond acceptors (Lipinski definition) is 5. The lowest BCUT2D eigenvalue weighted by atomic mass is 9.77. The van der Waals surface area contributed by atoms with Crippen LogP contribution in [0.4, 0.5) is 11.4 Å². The van der Waals surface area contributed by atoms with Gasteiger partial charge < -0.3 is 24.8 Å². The number of nitrogens with one attached hydrogen (secondary N) is 2. The van der Waals surface area contributed by atoms with Crippen LogP contribution >= 0.6 is 0 Å². The smallest absolute Gasteiger partial charge is 0.253 e. The summed E-state index contributed by atoms with van der Waals surface area (Å²) in [6.45, 7) is 11.3. The summed E-state index contributed by atoms with van der Waals surface area (Å²) < 4.78 is 5.52. The Labute approximate surface area is 259 Å². The van der Waals surface area contributed by atoms with Gasteiger partial charge in [0.25, 0.3) is 11.5 Å². The van der Waals surface area contributed by atoms with Crippen molar-refractivity contribution in [2.75, 3.05) is 36.1 Å². The van der Waals surface area contributed by atoms with Gasteiger partial charge in [0.2, 0.25) is 5.91 Å². The fourth-order valence-electron chi connectivity index (χ4n) is 7.49. The van der Waals surface area contributed by atoms with Crippen LogP contribution in [0, 0.1) is 6.92 Å². The second-order valence-electron chi connectivity index (χ2n) is 12.8. The van der Waals surface area contributed by atoms with Crippen LogP contribution in [0.2, 0.25) is 0 Å². The van der Waals surface area contributed by atoms with Gasteiger partial charge in [0, 0.05) is 59.4 Å². The van der Waals surface area contributed by atoms with Gasteiger partial charge in [-0.05, 0) is 87.1 Å². The number of aromatic nitrogens is 1. The van der Waals surface area contributed by atoms with E-state index in [0.29, 0.717) is 11.1 Å². The second-order valence-corrected chi connectivity index (χ2v) is 12.8. The van der Waals surface area contributed by atoms with Gasteiger partial charge >= 0.3 is 0 Å². The Bertz CT molecular complexity index is 1610. The van der Waals surface area contributed by atoms with E-state index in [0.717, 1.165) is 104 Å². The monoisotopic (exact) mass is 596 g/mol. The van der Waals surface area contributed by atoms with Crippen molar-refractivity contribution in [2.24, 2.45) is 0 Å². The maximum absolute atomic E-state index is 14.2. The van der Waals surface area contributed by atoms with Crippen LogP contribution in [0.5, 0.6) is 0 Å². The van der Waals surface area contributed by atoms with Crippen molar-refractivity contribution < 1.29 is 14.3 Å². The molecule has 3 heterocycles. The van der Waals surface area contributed by atoms with Crippen LogP contribution in [0.25, 0.3) is 11.1 Å². The number of ether oxygens (including phenoxy) is 1. The summed E-state index contributed by atoms with van der Waals surface area (Å²) in [4.78, 5) is 48.5. The highest BCUT2D eigenvalue weighted by Crippen LogP contribution is 2.54. The second kappa shape index (κ2) is 12.2. The van der Waals surface area contributed by atoms with E-state index < -0.39 is 5.41 Å². The average molecular weight is 597 g/mol. The Morgan fingerprint density at radius 1 is 1.02 bits per heavy atom. The standard InChI is InChI=1S/C36H44N4O4/c1-5-8-26-19-24(4)38-34(42)30(26)22-37-33(41)29-20-27(25-9-11-28(12-10-25)39-15-17-44-18-16-39)21-31-32(29)36(13-6-7-14-36)35(43)40(31)23(2)3/h9-12,19-21,23H,5-8,13-18,22H2,1-4H3,(H,37,41)(H,38,42). The van der Waals surface area contributed by atoms with Crippen LogP contribution in [-0.2, 0) is 27.9 Å². The number of nitrogens with zero attached hydrogens (tertiary/aromatic N) is 2. The van der Waals surface area contributed by atoms with Gasteiger partial charge in [-0.3, -0.25) is 14.4 Å². The molecule has 0 bridgehead atoms. The number of carbonyl (C=O) groups is 2. The third-order valence-corrected chi connectivity index (χ3v) is 9.59. The molecule has 1 aromatic heterocycles. The fourth-order valence-corrected chi connectivity index (χ4v) is 7.49. The molecule has 2 amide bonds. The lowest BCUT2D eigenvalue weighted by molar-refractivity contribution is -0.123. The van der Waals surface area contributed by atoms with Crippen LogP contribution < -0.4 is 20.7 Å². The van der Waals surface area contributed by atoms with Crippen molar-refractivity contribution in [3.05, 3.63) is 80.8 Å². The minimum atomic E-state index is -0.681. The van der Waals surface area contributed by atoms with E-state index >= 15 is 0 Å². The summed E-state index contributed by atoms with van der Waals surface area (Å²) in [7, 11) is 0. The van der Waals surface area contributed by atoms with E-state index in [1.807, 2.05) is 37.8 Å². The number of amides is 2. The minimum Gasteiger partial charge on any atom is -0.378 e. The minimum absolute atomic E-state index is 0.0428. The van der Waals surface area contributed by atoms with E-state index in [1.165, 1.54) is 0 Å². The highest BCUT2D eigenvalue weighted by atomic mass is 16.5. The first kappa shape index (κ1) is 30.1. The fraction of sp³-hybridized carbons (Fsp3) is 0.472. The molecular formula is C36H44N4O4. The highest BCUT2D eigenvalue weighted by Gasteiger charge is 2.54. The van der Waals surface area contributed by atoms with E-state index in [1.54, 1.807) is 0 Å². The van der Waals surface area contributed by atoms with Gasteiger partial charge in [-0.15, -0.1) is 0 Å². The molecule has 3 aromatic rings. The summed E-state index contributed by atoms with van der Waals surface area (Å²) in [5.74, 6) is -0.144. The molecule has 1 saturated heterocycles. The van der Waals surface area contributed by atoms with E-state index in [4.69, 9.17) is 4.74 Å². The Kier molecular flexibility index (Phi) is 8.38. The molecule has 44 heavy (non-hydrogen) atoms. The summed E-state index contributed by atoms with van der Waals surface area (Å²) in [5, 5.41) is 3.09. The van der Waals surface area contributed by atoms with Crippen molar-refractivity contribution in [2.45, 2.75) is 84.2 Å². The number of carbonyl (C=O) groups excluding carboxylic acids is 2. The number of benzene rings is 2. The van der Waals surface area contributed by atoms with E-state index in [9.17, 15) is 14.4 Å². The van der Waals surface area contributed by atoms with Crippen molar-refractivity contribution >= 4 is 23.2 Å².